The van der Waals surface area contributed by atoms with Gasteiger partial charge in [-0.05, 0) is 26.0 Å². The van der Waals surface area contributed by atoms with Crippen molar-refractivity contribution in [3.05, 3.63) is 71.2 Å². The van der Waals surface area contributed by atoms with Crippen LogP contribution in [0.1, 0.15) is 13.8 Å². The van der Waals surface area contributed by atoms with E-state index in [-0.39, 0.29) is 0 Å². The van der Waals surface area contributed by atoms with Gasteiger partial charge in [-0.1, -0.05) is 35.5 Å². The van der Waals surface area contributed by atoms with Crippen LogP contribution in [0, 0.1) is 0 Å². The highest BCUT2D eigenvalue weighted by molar-refractivity contribution is 5.88. The Kier molecular flexibility index (Phi) is 4.46. The average Bonchev–Trinajstić information content (AvgIpc) is 3.18. The third kappa shape index (κ3) is 3.10. The minimum absolute atomic E-state index is 0.413. The number of aromatic nitrogens is 3. The Morgan fingerprint density at radius 2 is 1.81 bits per heavy atom. The molecule has 0 bridgehead atoms. The molecule has 0 fully saturated rings. The Balaban J connectivity index is 1.91. The monoisotopic (exact) mass is 360 g/mol. The van der Waals surface area contributed by atoms with Crippen LogP contribution in [-0.4, -0.2) is 28.1 Å². The van der Waals surface area contributed by atoms with Gasteiger partial charge in [0.25, 0.3) is 0 Å². The molecule has 0 aliphatic heterocycles. The van der Waals surface area contributed by atoms with E-state index in [9.17, 15) is 4.79 Å². The SMILES string of the molecule is CCN(CC)c1ccc2c(-n3nncc3-c3ccccc3)cc(=O)oc2c1. The zero-order valence-corrected chi connectivity index (χ0v) is 15.3. The molecule has 27 heavy (non-hydrogen) atoms. The van der Waals surface area contributed by atoms with Gasteiger partial charge in [0, 0.05) is 35.8 Å². The topological polar surface area (TPSA) is 64.2 Å². The molecule has 0 amide bonds. The summed E-state index contributed by atoms with van der Waals surface area (Å²) in [4.78, 5) is 14.4. The fourth-order valence-corrected chi connectivity index (χ4v) is 3.31. The molecule has 0 saturated carbocycles. The van der Waals surface area contributed by atoms with Gasteiger partial charge < -0.3 is 9.32 Å². The normalized spacial score (nSPS) is 11.0. The largest absolute Gasteiger partial charge is 0.423 e. The van der Waals surface area contributed by atoms with E-state index in [4.69, 9.17) is 4.42 Å². The summed E-state index contributed by atoms with van der Waals surface area (Å²) >= 11 is 0. The Hall–Kier alpha value is -3.41. The minimum atomic E-state index is -0.413. The molecule has 0 aliphatic rings. The second-order valence-corrected chi connectivity index (χ2v) is 6.20. The number of benzene rings is 2. The van der Waals surface area contributed by atoms with Gasteiger partial charge in [-0.15, -0.1) is 5.10 Å². The van der Waals surface area contributed by atoms with E-state index < -0.39 is 5.63 Å². The van der Waals surface area contributed by atoms with Crippen LogP contribution in [0.5, 0.6) is 0 Å². The molecule has 0 atom stereocenters. The zero-order chi connectivity index (χ0) is 18.8. The molecule has 4 aromatic rings. The maximum absolute atomic E-state index is 12.2. The summed E-state index contributed by atoms with van der Waals surface area (Å²) in [5.41, 5.74) is 3.59. The Morgan fingerprint density at radius 3 is 2.56 bits per heavy atom. The zero-order valence-electron chi connectivity index (χ0n) is 15.3. The molecule has 0 saturated heterocycles. The molecule has 0 spiro atoms. The third-order valence-electron chi connectivity index (χ3n) is 4.68. The van der Waals surface area contributed by atoms with Crippen LogP contribution in [0.3, 0.4) is 0 Å². The van der Waals surface area contributed by atoms with Crippen molar-refractivity contribution >= 4 is 16.7 Å². The van der Waals surface area contributed by atoms with E-state index in [1.807, 2.05) is 48.5 Å². The standard InChI is InChI=1S/C21H20N4O2/c1-3-24(4-2)16-10-11-17-18(13-21(26)27-20(17)12-16)25-19(14-22-23-25)15-8-6-5-7-9-15/h5-14H,3-4H2,1-2H3. The maximum Gasteiger partial charge on any atom is 0.338 e. The summed E-state index contributed by atoms with van der Waals surface area (Å²) in [5, 5.41) is 9.09. The van der Waals surface area contributed by atoms with Gasteiger partial charge in [0.15, 0.2) is 0 Å². The summed E-state index contributed by atoms with van der Waals surface area (Å²) in [7, 11) is 0. The fourth-order valence-electron chi connectivity index (χ4n) is 3.31. The summed E-state index contributed by atoms with van der Waals surface area (Å²) in [6.45, 7) is 5.96. The van der Waals surface area contributed by atoms with E-state index in [0.717, 1.165) is 35.4 Å². The van der Waals surface area contributed by atoms with E-state index >= 15 is 0 Å². The number of hydrogen-bond donors (Lipinski definition) is 0. The van der Waals surface area contributed by atoms with Crippen LogP contribution >= 0.6 is 0 Å². The molecule has 2 aromatic heterocycles. The highest BCUT2D eigenvalue weighted by atomic mass is 16.4. The second-order valence-electron chi connectivity index (χ2n) is 6.20. The van der Waals surface area contributed by atoms with Gasteiger partial charge in [-0.25, -0.2) is 9.48 Å². The molecular formula is C21H20N4O2. The van der Waals surface area contributed by atoms with E-state index in [1.165, 1.54) is 6.07 Å². The van der Waals surface area contributed by atoms with Gasteiger partial charge in [0.2, 0.25) is 0 Å². The smallest absolute Gasteiger partial charge is 0.338 e. The lowest BCUT2D eigenvalue weighted by Gasteiger charge is -2.21. The van der Waals surface area contributed by atoms with Gasteiger partial charge in [-0.2, -0.15) is 0 Å². The number of fused-ring (bicyclic) bond motifs is 1. The molecule has 6 heteroatoms. The molecule has 0 aliphatic carbocycles. The first-order chi connectivity index (χ1) is 13.2. The Labute approximate surface area is 156 Å². The number of hydrogen-bond acceptors (Lipinski definition) is 5. The molecule has 0 unspecified atom stereocenters. The van der Waals surface area contributed by atoms with Gasteiger partial charge in [0.1, 0.15) is 5.58 Å². The molecular weight excluding hydrogens is 340 g/mol. The van der Waals surface area contributed by atoms with E-state index in [1.54, 1.807) is 10.9 Å². The van der Waals surface area contributed by atoms with Crippen molar-refractivity contribution in [3.63, 3.8) is 0 Å². The van der Waals surface area contributed by atoms with Crippen LogP contribution in [0.4, 0.5) is 5.69 Å². The van der Waals surface area contributed by atoms with Crippen molar-refractivity contribution in [2.24, 2.45) is 0 Å². The third-order valence-corrected chi connectivity index (χ3v) is 4.68. The number of anilines is 1. The lowest BCUT2D eigenvalue weighted by Crippen LogP contribution is -2.21. The summed E-state index contributed by atoms with van der Waals surface area (Å²) < 4.78 is 7.17. The quantitative estimate of drug-likeness (QED) is 0.505. The fraction of sp³-hybridized carbons (Fsp3) is 0.190. The predicted octanol–water partition coefficient (Wildman–Crippen LogP) is 3.89. The molecule has 2 aromatic carbocycles. The second kappa shape index (κ2) is 7.07. The van der Waals surface area contributed by atoms with Crippen molar-refractivity contribution in [3.8, 4) is 16.9 Å². The van der Waals surface area contributed by atoms with Crippen molar-refractivity contribution in [2.75, 3.05) is 18.0 Å². The van der Waals surface area contributed by atoms with Crippen molar-refractivity contribution < 1.29 is 4.42 Å². The summed E-state index contributed by atoms with van der Waals surface area (Å²) in [6.07, 6.45) is 1.69. The summed E-state index contributed by atoms with van der Waals surface area (Å²) in [5.74, 6) is 0. The van der Waals surface area contributed by atoms with E-state index in [2.05, 4.69) is 29.1 Å². The Morgan fingerprint density at radius 1 is 1.04 bits per heavy atom. The molecule has 6 nitrogen and oxygen atoms in total. The van der Waals surface area contributed by atoms with Crippen LogP contribution in [0.15, 0.2) is 70.0 Å². The predicted molar refractivity (Wildman–Crippen MR) is 106 cm³/mol. The lowest BCUT2D eigenvalue weighted by atomic mass is 10.1. The highest BCUT2D eigenvalue weighted by Gasteiger charge is 2.15. The number of nitrogens with zero attached hydrogens (tertiary/aromatic N) is 4. The first-order valence-corrected chi connectivity index (χ1v) is 9.00. The van der Waals surface area contributed by atoms with Crippen LogP contribution in [0.25, 0.3) is 27.9 Å². The molecule has 0 radical (unpaired) electrons. The first-order valence-electron chi connectivity index (χ1n) is 9.00. The average molecular weight is 360 g/mol. The first kappa shape index (κ1) is 17.0. The van der Waals surface area contributed by atoms with Crippen LogP contribution < -0.4 is 10.5 Å². The van der Waals surface area contributed by atoms with Gasteiger partial charge in [-0.3, -0.25) is 0 Å². The highest BCUT2D eigenvalue weighted by Crippen LogP contribution is 2.28. The Bertz CT molecular complexity index is 1130. The van der Waals surface area contributed by atoms with E-state index in [0.29, 0.717) is 11.3 Å². The van der Waals surface area contributed by atoms with Crippen molar-refractivity contribution in [1.29, 1.82) is 0 Å². The molecule has 2 heterocycles. The summed E-state index contributed by atoms with van der Waals surface area (Å²) in [6, 6.07) is 17.2. The molecule has 0 N–H and O–H groups in total. The van der Waals surface area contributed by atoms with Crippen molar-refractivity contribution in [1.82, 2.24) is 15.0 Å². The van der Waals surface area contributed by atoms with Crippen LogP contribution in [-0.2, 0) is 0 Å². The molecule has 4 rings (SSSR count). The molecule has 136 valence electrons. The minimum Gasteiger partial charge on any atom is -0.423 e. The van der Waals surface area contributed by atoms with Gasteiger partial charge >= 0.3 is 5.63 Å². The lowest BCUT2D eigenvalue weighted by molar-refractivity contribution is 0.559. The number of rotatable bonds is 5. The van der Waals surface area contributed by atoms with Crippen LogP contribution in [0.2, 0.25) is 0 Å². The van der Waals surface area contributed by atoms with Gasteiger partial charge in [0.05, 0.1) is 23.6 Å². The van der Waals surface area contributed by atoms with Crippen molar-refractivity contribution in [2.45, 2.75) is 13.8 Å². The maximum atomic E-state index is 12.2.